The predicted octanol–water partition coefficient (Wildman–Crippen LogP) is 2.05. The second-order valence-corrected chi connectivity index (χ2v) is 4.57. The molecule has 0 unspecified atom stereocenters. The zero-order chi connectivity index (χ0) is 12.9. The number of hydrazine groups is 1. The highest BCUT2D eigenvalue weighted by Gasteiger charge is 2.04. The summed E-state index contributed by atoms with van der Waals surface area (Å²) in [7, 11) is 0. The average Bonchev–Trinajstić information content (AvgIpc) is 2.36. The summed E-state index contributed by atoms with van der Waals surface area (Å²) >= 11 is 0. The van der Waals surface area contributed by atoms with Crippen molar-refractivity contribution in [3.05, 3.63) is 0 Å². The first-order chi connectivity index (χ1) is 8.24. The van der Waals surface area contributed by atoms with E-state index in [1.807, 2.05) is 0 Å². The highest BCUT2D eigenvalue weighted by atomic mass is 16.2. The fourth-order valence-corrected chi connectivity index (χ4v) is 1.79. The fourth-order valence-electron chi connectivity index (χ4n) is 1.79. The molecule has 0 atom stereocenters. The molecule has 0 rings (SSSR count). The number of rotatable bonds is 11. The largest absolute Gasteiger partial charge is 0.303 e. The van der Waals surface area contributed by atoms with Gasteiger partial charge in [0.15, 0.2) is 0 Å². The van der Waals surface area contributed by atoms with Crippen LogP contribution in [0.2, 0.25) is 0 Å². The van der Waals surface area contributed by atoms with Crippen molar-refractivity contribution in [3.8, 4) is 0 Å². The molecule has 0 aromatic carbocycles. The maximum atomic E-state index is 11.0. The lowest BCUT2D eigenvalue weighted by molar-refractivity contribution is -0.121. The minimum absolute atomic E-state index is 0.0568. The molecule has 4 heteroatoms. The van der Waals surface area contributed by atoms with Crippen molar-refractivity contribution in [2.75, 3.05) is 19.6 Å². The van der Waals surface area contributed by atoms with Crippen molar-refractivity contribution in [2.45, 2.75) is 58.8 Å². The molecule has 0 aliphatic heterocycles. The van der Waals surface area contributed by atoms with Crippen LogP contribution < -0.4 is 11.3 Å². The Morgan fingerprint density at radius 2 is 1.53 bits per heavy atom. The van der Waals surface area contributed by atoms with Crippen LogP contribution in [-0.4, -0.2) is 30.4 Å². The highest BCUT2D eigenvalue weighted by molar-refractivity contribution is 5.75. The number of nitrogens with two attached hydrogens (primary N) is 1. The van der Waals surface area contributed by atoms with Gasteiger partial charge in [-0.25, -0.2) is 5.84 Å². The molecule has 0 saturated heterocycles. The van der Waals surface area contributed by atoms with Crippen LogP contribution in [0.15, 0.2) is 0 Å². The lowest BCUT2D eigenvalue weighted by atomic mass is 10.2. The standard InChI is InChI=1S/C13H29N3O/c1-3-5-10-16(11-6-4-2)12-8-7-9-13(17)15-14/h3-12,14H2,1-2H3,(H,15,17). The van der Waals surface area contributed by atoms with Crippen LogP contribution in [0.3, 0.4) is 0 Å². The van der Waals surface area contributed by atoms with Crippen molar-refractivity contribution in [2.24, 2.45) is 5.84 Å². The predicted molar refractivity (Wildman–Crippen MR) is 72.4 cm³/mol. The van der Waals surface area contributed by atoms with Gasteiger partial charge in [-0.1, -0.05) is 26.7 Å². The Bertz CT molecular complexity index is 178. The Labute approximate surface area is 106 Å². The molecule has 0 fully saturated rings. The van der Waals surface area contributed by atoms with E-state index in [0.717, 1.165) is 19.4 Å². The Hall–Kier alpha value is -0.610. The van der Waals surface area contributed by atoms with Crippen LogP contribution in [0, 0.1) is 0 Å². The van der Waals surface area contributed by atoms with Crippen LogP contribution in [0.4, 0.5) is 0 Å². The van der Waals surface area contributed by atoms with Crippen molar-refractivity contribution < 1.29 is 4.79 Å². The molecule has 3 N–H and O–H groups in total. The molecular weight excluding hydrogens is 214 g/mol. The van der Waals surface area contributed by atoms with Crippen molar-refractivity contribution in [1.82, 2.24) is 10.3 Å². The molecule has 17 heavy (non-hydrogen) atoms. The fraction of sp³-hybridized carbons (Fsp3) is 0.923. The molecule has 0 spiro atoms. The Balaban J connectivity index is 3.62. The van der Waals surface area contributed by atoms with Crippen LogP contribution >= 0.6 is 0 Å². The summed E-state index contributed by atoms with van der Waals surface area (Å²) in [5.41, 5.74) is 2.17. The maximum absolute atomic E-state index is 11.0. The van der Waals surface area contributed by atoms with Crippen LogP contribution in [0.1, 0.15) is 58.8 Å². The second kappa shape index (κ2) is 11.9. The van der Waals surface area contributed by atoms with Crippen LogP contribution in [0.25, 0.3) is 0 Å². The van der Waals surface area contributed by atoms with Gasteiger partial charge >= 0.3 is 0 Å². The molecule has 0 bridgehead atoms. The monoisotopic (exact) mass is 243 g/mol. The number of carbonyl (C=O) groups excluding carboxylic acids is 1. The van der Waals surface area contributed by atoms with Crippen LogP contribution in [0.5, 0.6) is 0 Å². The minimum atomic E-state index is -0.0568. The van der Waals surface area contributed by atoms with Gasteiger partial charge in [0.25, 0.3) is 0 Å². The highest BCUT2D eigenvalue weighted by Crippen LogP contribution is 2.03. The van der Waals surface area contributed by atoms with Gasteiger partial charge < -0.3 is 4.90 Å². The van der Waals surface area contributed by atoms with Crippen molar-refractivity contribution >= 4 is 5.91 Å². The summed E-state index contributed by atoms with van der Waals surface area (Å²) in [6, 6.07) is 0. The molecule has 102 valence electrons. The van der Waals surface area contributed by atoms with Gasteiger partial charge in [-0.2, -0.15) is 0 Å². The topological polar surface area (TPSA) is 58.4 Å². The third kappa shape index (κ3) is 10.3. The van der Waals surface area contributed by atoms with Gasteiger partial charge in [0.05, 0.1) is 0 Å². The molecule has 1 amide bonds. The summed E-state index contributed by atoms with van der Waals surface area (Å²) in [6.45, 7) is 7.95. The molecule has 0 saturated carbocycles. The van der Waals surface area contributed by atoms with Crippen molar-refractivity contribution in [1.29, 1.82) is 0 Å². The van der Waals surface area contributed by atoms with E-state index in [0.29, 0.717) is 6.42 Å². The number of amides is 1. The second-order valence-electron chi connectivity index (χ2n) is 4.57. The molecule has 4 nitrogen and oxygen atoms in total. The summed E-state index contributed by atoms with van der Waals surface area (Å²) in [6.07, 6.45) is 7.60. The van der Waals surface area contributed by atoms with E-state index in [2.05, 4.69) is 24.2 Å². The third-order valence-corrected chi connectivity index (χ3v) is 2.94. The first kappa shape index (κ1) is 16.4. The number of carbonyl (C=O) groups is 1. The zero-order valence-electron chi connectivity index (χ0n) is 11.5. The smallest absolute Gasteiger partial charge is 0.233 e. The number of hydrogen-bond acceptors (Lipinski definition) is 3. The van der Waals surface area contributed by atoms with E-state index in [1.165, 1.54) is 38.8 Å². The van der Waals surface area contributed by atoms with E-state index in [9.17, 15) is 4.79 Å². The molecule has 0 radical (unpaired) electrons. The SMILES string of the molecule is CCCCN(CCCC)CCCCC(=O)NN. The lowest BCUT2D eigenvalue weighted by Crippen LogP contribution is -2.30. The molecular formula is C13H29N3O. The minimum Gasteiger partial charge on any atom is -0.303 e. The first-order valence-electron chi connectivity index (χ1n) is 6.96. The number of nitrogens with one attached hydrogen (secondary N) is 1. The molecule has 0 heterocycles. The van der Waals surface area contributed by atoms with Gasteiger partial charge in [0.2, 0.25) is 5.91 Å². The summed E-state index contributed by atoms with van der Waals surface area (Å²) in [4.78, 5) is 13.5. The quantitative estimate of drug-likeness (QED) is 0.253. The van der Waals surface area contributed by atoms with Gasteiger partial charge in [-0.15, -0.1) is 0 Å². The van der Waals surface area contributed by atoms with E-state index >= 15 is 0 Å². The van der Waals surface area contributed by atoms with Gasteiger partial charge in [-0.05, 0) is 45.3 Å². The Morgan fingerprint density at radius 3 is 2.00 bits per heavy atom. The Morgan fingerprint density at radius 1 is 1.00 bits per heavy atom. The lowest BCUT2D eigenvalue weighted by Gasteiger charge is -2.21. The van der Waals surface area contributed by atoms with Gasteiger partial charge in [-0.3, -0.25) is 10.2 Å². The molecule has 0 aliphatic carbocycles. The Kier molecular flexibility index (Phi) is 11.4. The van der Waals surface area contributed by atoms with Gasteiger partial charge in [0.1, 0.15) is 0 Å². The summed E-state index contributed by atoms with van der Waals surface area (Å²) in [5.74, 6) is 4.98. The first-order valence-corrected chi connectivity index (χ1v) is 6.96. The van der Waals surface area contributed by atoms with E-state index < -0.39 is 0 Å². The maximum Gasteiger partial charge on any atom is 0.233 e. The van der Waals surface area contributed by atoms with Crippen molar-refractivity contribution in [3.63, 3.8) is 0 Å². The molecule has 0 aromatic heterocycles. The number of unbranched alkanes of at least 4 members (excludes halogenated alkanes) is 3. The van der Waals surface area contributed by atoms with Gasteiger partial charge in [0, 0.05) is 6.42 Å². The third-order valence-electron chi connectivity index (χ3n) is 2.94. The molecule has 0 aromatic rings. The average molecular weight is 243 g/mol. The zero-order valence-corrected chi connectivity index (χ0v) is 11.5. The summed E-state index contributed by atoms with van der Waals surface area (Å²) in [5, 5.41) is 0. The van der Waals surface area contributed by atoms with E-state index in [-0.39, 0.29) is 5.91 Å². The van der Waals surface area contributed by atoms with E-state index in [1.54, 1.807) is 0 Å². The van der Waals surface area contributed by atoms with Crippen LogP contribution in [-0.2, 0) is 4.79 Å². The summed E-state index contributed by atoms with van der Waals surface area (Å²) < 4.78 is 0. The number of nitrogens with zero attached hydrogens (tertiary/aromatic N) is 1. The normalized spacial score (nSPS) is 10.8. The molecule has 0 aliphatic rings. The van der Waals surface area contributed by atoms with E-state index in [4.69, 9.17) is 5.84 Å². The number of hydrogen-bond donors (Lipinski definition) is 2.